The van der Waals surface area contributed by atoms with E-state index in [0.717, 1.165) is 18.0 Å². The molecule has 2 heterocycles. The van der Waals surface area contributed by atoms with Crippen molar-refractivity contribution in [3.05, 3.63) is 23.1 Å². The molecule has 0 amide bonds. The topological polar surface area (TPSA) is 111 Å². The third-order valence-corrected chi connectivity index (χ3v) is 5.87. The summed E-state index contributed by atoms with van der Waals surface area (Å²) < 4.78 is 36.1. The first-order chi connectivity index (χ1) is 12.4. The van der Waals surface area contributed by atoms with Crippen LogP contribution in [0.3, 0.4) is 0 Å². The minimum Gasteiger partial charge on any atom is -0.462 e. The van der Waals surface area contributed by atoms with Crippen molar-refractivity contribution in [2.75, 3.05) is 17.1 Å². The molecule has 0 saturated heterocycles. The van der Waals surface area contributed by atoms with Gasteiger partial charge in [0.05, 0.1) is 17.9 Å². The maximum Gasteiger partial charge on any atom is 0.352 e. The number of nitrogens with one attached hydrogen (secondary N) is 1. The van der Waals surface area contributed by atoms with Gasteiger partial charge in [-0.15, -0.1) is 10.2 Å². The number of benzene rings is 1. The molecule has 1 aromatic carbocycles. The van der Waals surface area contributed by atoms with Crippen molar-refractivity contribution in [3.8, 4) is 0 Å². The number of hydrogen-bond donors (Lipinski definition) is 1. The van der Waals surface area contributed by atoms with Crippen LogP contribution in [-0.2, 0) is 14.8 Å². The lowest BCUT2D eigenvalue weighted by Gasteiger charge is -2.08. The first kappa shape index (κ1) is 18.5. The van der Waals surface area contributed by atoms with Gasteiger partial charge in [-0.2, -0.15) is 4.37 Å². The first-order valence-corrected chi connectivity index (χ1v) is 10.6. The molecular formula is C16H18N4O4S2. The molecule has 0 aliphatic heterocycles. The average molecular weight is 394 g/mol. The second-order valence-electron chi connectivity index (χ2n) is 5.64. The Morgan fingerprint density at radius 2 is 2.04 bits per heavy atom. The van der Waals surface area contributed by atoms with E-state index in [-0.39, 0.29) is 17.2 Å². The Kier molecular flexibility index (Phi) is 5.33. The minimum absolute atomic E-state index is 0.0647. The van der Waals surface area contributed by atoms with E-state index >= 15 is 0 Å². The van der Waals surface area contributed by atoms with E-state index in [1.165, 1.54) is 0 Å². The Morgan fingerprint density at radius 1 is 1.23 bits per heavy atom. The van der Waals surface area contributed by atoms with Crippen LogP contribution in [0.4, 0.5) is 5.69 Å². The van der Waals surface area contributed by atoms with E-state index in [2.05, 4.69) is 19.3 Å². The van der Waals surface area contributed by atoms with Crippen LogP contribution in [0.5, 0.6) is 0 Å². The highest BCUT2D eigenvalue weighted by molar-refractivity contribution is 7.92. The van der Waals surface area contributed by atoms with E-state index in [1.807, 2.05) is 6.92 Å². The summed E-state index contributed by atoms with van der Waals surface area (Å²) in [5.41, 5.74) is 1.84. The molecule has 0 aliphatic rings. The smallest absolute Gasteiger partial charge is 0.352 e. The molecule has 0 aliphatic carbocycles. The van der Waals surface area contributed by atoms with Crippen molar-refractivity contribution in [2.45, 2.75) is 26.7 Å². The predicted octanol–water partition coefficient (Wildman–Crippen LogP) is 2.96. The van der Waals surface area contributed by atoms with Crippen molar-refractivity contribution in [3.63, 3.8) is 0 Å². The number of fused-ring (bicyclic) bond motifs is 3. The van der Waals surface area contributed by atoms with Crippen LogP contribution in [0.25, 0.3) is 21.9 Å². The van der Waals surface area contributed by atoms with Crippen molar-refractivity contribution in [1.29, 1.82) is 0 Å². The summed E-state index contributed by atoms with van der Waals surface area (Å²) in [6.07, 6.45) is 1.39. The number of esters is 1. The summed E-state index contributed by atoms with van der Waals surface area (Å²) >= 11 is 0.990. The molecule has 1 N–H and O–H groups in total. The maximum absolute atomic E-state index is 12.1. The number of anilines is 1. The summed E-state index contributed by atoms with van der Waals surface area (Å²) in [7, 11) is -3.41. The molecular weight excluding hydrogens is 376 g/mol. The van der Waals surface area contributed by atoms with Gasteiger partial charge in [0.25, 0.3) is 0 Å². The largest absolute Gasteiger partial charge is 0.462 e. The monoisotopic (exact) mass is 394 g/mol. The summed E-state index contributed by atoms with van der Waals surface area (Å²) in [6.45, 7) is 3.91. The second-order valence-corrected chi connectivity index (χ2v) is 8.25. The van der Waals surface area contributed by atoms with Crippen LogP contribution < -0.4 is 4.72 Å². The molecule has 0 radical (unpaired) electrons. The Bertz CT molecular complexity index is 1060. The number of nitrogens with zero attached hydrogens (tertiary/aromatic N) is 3. The van der Waals surface area contributed by atoms with Gasteiger partial charge in [0, 0.05) is 11.1 Å². The Morgan fingerprint density at radius 3 is 2.77 bits per heavy atom. The maximum atomic E-state index is 12.1. The highest BCUT2D eigenvalue weighted by Crippen LogP contribution is 2.29. The average Bonchev–Trinajstić information content (AvgIpc) is 3.04. The van der Waals surface area contributed by atoms with Crippen LogP contribution in [0, 0.1) is 0 Å². The van der Waals surface area contributed by atoms with Gasteiger partial charge in [-0.25, -0.2) is 13.2 Å². The SMILES string of the molecule is CCCCS(=O)(=O)Nc1ccc2nnc3c(C(=O)OCC)snc3c2c1. The lowest BCUT2D eigenvalue weighted by Crippen LogP contribution is -2.16. The van der Waals surface area contributed by atoms with Crippen LogP contribution in [-0.4, -0.2) is 41.3 Å². The number of rotatable bonds is 7. The van der Waals surface area contributed by atoms with E-state index < -0.39 is 16.0 Å². The Labute approximate surface area is 154 Å². The summed E-state index contributed by atoms with van der Waals surface area (Å²) in [5.74, 6) is -0.431. The standard InChI is InChI=1S/C16H18N4O4S2/c1-3-5-8-26(22,23)20-10-6-7-12-11(9-10)13-14(18-17-12)15(25-19-13)16(21)24-4-2/h6-7,9,20H,3-5,8H2,1-2H3. The fourth-order valence-electron chi connectivity index (χ4n) is 2.43. The molecule has 8 nitrogen and oxygen atoms in total. The van der Waals surface area contributed by atoms with Crippen molar-refractivity contribution in [2.24, 2.45) is 0 Å². The molecule has 138 valence electrons. The molecule has 0 unspecified atom stereocenters. The molecule has 0 saturated carbocycles. The summed E-state index contributed by atoms with van der Waals surface area (Å²) in [4.78, 5) is 12.3. The Hall–Kier alpha value is -2.33. The zero-order valence-electron chi connectivity index (χ0n) is 14.4. The number of aromatic nitrogens is 3. The van der Waals surface area contributed by atoms with Crippen LogP contribution >= 0.6 is 11.5 Å². The first-order valence-electron chi connectivity index (χ1n) is 8.18. The van der Waals surface area contributed by atoms with Crippen LogP contribution in [0.15, 0.2) is 18.2 Å². The van der Waals surface area contributed by atoms with Crippen LogP contribution in [0.2, 0.25) is 0 Å². The zero-order chi connectivity index (χ0) is 18.7. The van der Waals surface area contributed by atoms with Crippen molar-refractivity contribution in [1.82, 2.24) is 14.6 Å². The van der Waals surface area contributed by atoms with E-state index in [9.17, 15) is 13.2 Å². The van der Waals surface area contributed by atoms with Crippen LogP contribution in [0.1, 0.15) is 36.4 Å². The lowest BCUT2D eigenvalue weighted by atomic mass is 10.2. The van der Waals surface area contributed by atoms with E-state index in [0.29, 0.717) is 34.0 Å². The quantitative estimate of drug-likeness (QED) is 0.613. The molecule has 2 aromatic heterocycles. The number of hydrogen-bond acceptors (Lipinski definition) is 8. The van der Waals surface area contributed by atoms with Gasteiger partial charge >= 0.3 is 5.97 Å². The predicted molar refractivity (Wildman–Crippen MR) is 101 cm³/mol. The minimum atomic E-state index is -3.41. The zero-order valence-corrected chi connectivity index (χ0v) is 16.0. The van der Waals surface area contributed by atoms with Gasteiger partial charge in [-0.05, 0) is 43.1 Å². The molecule has 0 bridgehead atoms. The number of ether oxygens (including phenoxy) is 1. The lowest BCUT2D eigenvalue weighted by molar-refractivity contribution is 0.0534. The highest BCUT2D eigenvalue weighted by atomic mass is 32.2. The van der Waals surface area contributed by atoms with Gasteiger partial charge in [0.15, 0.2) is 4.88 Å². The highest BCUT2D eigenvalue weighted by Gasteiger charge is 2.19. The van der Waals surface area contributed by atoms with Gasteiger partial charge in [0.2, 0.25) is 10.0 Å². The third-order valence-electron chi connectivity index (χ3n) is 3.68. The van der Waals surface area contributed by atoms with E-state index in [4.69, 9.17) is 4.74 Å². The van der Waals surface area contributed by atoms with Gasteiger partial charge in [-0.1, -0.05) is 13.3 Å². The van der Waals surface area contributed by atoms with Gasteiger partial charge in [-0.3, -0.25) is 4.72 Å². The molecule has 0 atom stereocenters. The molecule has 26 heavy (non-hydrogen) atoms. The number of unbranched alkanes of at least 4 members (excludes halogenated alkanes) is 1. The molecule has 3 aromatic rings. The van der Waals surface area contributed by atoms with Crippen molar-refractivity contribution < 1.29 is 17.9 Å². The van der Waals surface area contributed by atoms with Crippen molar-refractivity contribution >= 4 is 55.1 Å². The molecule has 10 heteroatoms. The Balaban J connectivity index is 2.02. The van der Waals surface area contributed by atoms with Gasteiger partial charge < -0.3 is 4.74 Å². The molecule has 0 fully saturated rings. The molecule has 0 spiro atoms. The van der Waals surface area contributed by atoms with E-state index in [1.54, 1.807) is 25.1 Å². The number of carbonyl (C=O) groups is 1. The fourth-order valence-corrected chi connectivity index (χ4v) is 4.41. The second kappa shape index (κ2) is 7.50. The van der Waals surface area contributed by atoms with Gasteiger partial charge in [0.1, 0.15) is 11.0 Å². The third kappa shape index (κ3) is 3.75. The summed E-state index contributed by atoms with van der Waals surface area (Å²) in [5, 5.41) is 8.80. The molecule has 3 rings (SSSR count). The number of sulfonamides is 1. The number of carbonyl (C=O) groups excluding carboxylic acids is 1. The normalized spacial score (nSPS) is 11.8. The summed E-state index contributed by atoms with van der Waals surface area (Å²) in [6, 6.07) is 4.96. The fraction of sp³-hybridized carbons (Fsp3) is 0.375.